The van der Waals surface area contributed by atoms with E-state index in [1.807, 2.05) is 25.4 Å². The van der Waals surface area contributed by atoms with E-state index < -0.39 is 0 Å². The van der Waals surface area contributed by atoms with Gasteiger partial charge in [-0.3, -0.25) is 4.98 Å². The highest BCUT2D eigenvalue weighted by Gasteiger charge is 2.08. The highest BCUT2D eigenvalue weighted by Crippen LogP contribution is 2.14. The second kappa shape index (κ2) is 4.44. The predicted octanol–water partition coefficient (Wildman–Crippen LogP) is 2.02. The summed E-state index contributed by atoms with van der Waals surface area (Å²) in [6.45, 7) is 2.75. The molecular formula is C13H13N5. The molecule has 0 aliphatic heterocycles. The van der Waals surface area contributed by atoms with Crippen LogP contribution in [0.15, 0.2) is 43.1 Å². The third-order valence-electron chi connectivity index (χ3n) is 2.74. The third-order valence-corrected chi connectivity index (χ3v) is 2.74. The number of hydrogen-bond acceptors (Lipinski definition) is 3. The quantitative estimate of drug-likeness (QED) is 0.760. The summed E-state index contributed by atoms with van der Waals surface area (Å²) >= 11 is 0. The van der Waals surface area contributed by atoms with E-state index >= 15 is 0 Å². The van der Waals surface area contributed by atoms with Crippen molar-refractivity contribution in [3.05, 3.63) is 54.4 Å². The fourth-order valence-corrected chi connectivity index (χ4v) is 1.94. The van der Waals surface area contributed by atoms with Gasteiger partial charge in [-0.15, -0.1) is 0 Å². The first kappa shape index (κ1) is 10.7. The molecule has 3 heterocycles. The average molecular weight is 239 g/mol. The zero-order chi connectivity index (χ0) is 12.4. The van der Waals surface area contributed by atoms with Gasteiger partial charge in [0.2, 0.25) is 0 Å². The Labute approximate surface area is 105 Å². The summed E-state index contributed by atoms with van der Waals surface area (Å²) in [6.07, 6.45) is 9.09. The van der Waals surface area contributed by atoms with E-state index in [1.54, 1.807) is 18.6 Å². The Kier molecular flexibility index (Phi) is 2.64. The molecule has 0 saturated heterocycles. The number of imidazole rings is 2. The first-order valence-corrected chi connectivity index (χ1v) is 5.75. The molecule has 0 unspecified atom stereocenters. The van der Waals surface area contributed by atoms with E-state index in [9.17, 15) is 0 Å². The van der Waals surface area contributed by atoms with Gasteiger partial charge in [-0.05, 0) is 24.6 Å². The topological polar surface area (TPSA) is 59.4 Å². The molecular weight excluding hydrogens is 226 g/mol. The van der Waals surface area contributed by atoms with Crippen LogP contribution in [-0.2, 0) is 6.54 Å². The van der Waals surface area contributed by atoms with Gasteiger partial charge < -0.3 is 9.55 Å². The second-order valence-electron chi connectivity index (χ2n) is 4.12. The number of aromatic nitrogens is 5. The largest absolute Gasteiger partial charge is 0.342 e. The van der Waals surface area contributed by atoms with Crippen molar-refractivity contribution in [3.8, 4) is 11.6 Å². The van der Waals surface area contributed by atoms with E-state index in [1.165, 1.54) is 5.56 Å². The third kappa shape index (κ3) is 2.02. The lowest BCUT2D eigenvalue weighted by Gasteiger charge is -2.06. The number of rotatable bonds is 3. The second-order valence-corrected chi connectivity index (χ2v) is 4.12. The first-order chi connectivity index (χ1) is 8.83. The molecule has 0 spiro atoms. The van der Waals surface area contributed by atoms with Crippen molar-refractivity contribution >= 4 is 0 Å². The van der Waals surface area contributed by atoms with Crippen molar-refractivity contribution in [1.82, 2.24) is 24.5 Å². The summed E-state index contributed by atoms with van der Waals surface area (Å²) < 4.78 is 2.06. The predicted molar refractivity (Wildman–Crippen MR) is 67.9 cm³/mol. The molecule has 3 aromatic heterocycles. The molecule has 0 amide bonds. The molecule has 0 fully saturated rings. The van der Waals surface area contributed by atoms with Crippen LogP contribution < -0.4 is 0 Å². The summed E-state index contributed by atoms with van der Waals surface area (Å²) in [7, 11) is 0. The van der Waals surface area contributed by atoms with E-state index in [0.29, 0.717) is 0 Å². The number of nitrogens with zero attached hydrogens (tertiary/aromatic N) is 4. The number of pyridine rings is 1. The molecule has 90 valence electrons. The first-order valence-electron chi connectivity index (χ1n) is 5.75. The highest BCUT2D eigenvalue weighted by molar-refractivity contribution is 5.43. The molecule has 0 radical (unpaired) electrons. The van der Waals surface area contributed by atoms with Crippen LogP contribution >= 0.6 is 0 Å². The maximum atomic E-state index is 4.33. The number of aromatic amines is 1. The Morgan fingerprint density at radius 1 is 1.17 bits per heavy atom. The number of aryl methyl sites for hydroxylation is 1. The van der Waals surface area contributed by atoms with Gasteiger partial charge in [0.05, 0.1) is 0 Å². The standard InChI is InChI=1S/C13H13N5/c1-10-8-11(2-3-14-10)9-18-7-6-17-13(18)12-15-4-5-16-12/h2-8H,9H2,1H3,(H,15,16). The molecule has 0 bridgehead atoms. The lowest BCUT2D eigenvalue weighted by molar-refractivity contribution is 0.798. The van der Waals surface area contributed by atoms with Gasteiger partial charge in [0.1, 0.15) is 0 Å². The van der Waals surface area contributed by atoms with E-state index in [0.717, 1.165) is 23.9 Å². The van der Waals surface area contributed by atoms with Crippen LogP contribution in [0.2, 0.25) is 0 Å². The molecule has 0 aliphatic rings. The Bertz CT molecular complexity index is 639. The molecule has 3 aromatic rings. The van der Waals surface area contributed by atoms with E-state index in [-0.39, 0.29) is 0 Å². The molecule has 0 saturated carbocycles. The number of hydrogen-bond donors (Lipinski definition) is 1. The summed E-state index contributed by atoms with van der Waals surface area (Å²) in [6, 6.07) is 4.09. The Hall–Kier alpha value is -2.43. The van der Waals surface area contributed by atoms with Crippen LogP contribution in [-0.4, -0.2) is 24.5 Å². The van der Waals surface area contributed by atoms with Crippen LogP contribution in [0.3, 0.4) is 0 Å². The Balaban J connectivity index is 1.92. The van der Waals surface area contributed by atoms with Crippen molar-refractivity contribution in [2.24, 2.45) is 0 Å². The van der Waals surface area contributed by atoms with Gasteiger partial charge in [-0.25, -0.2) is 9.97 Å². The molecule has 5 nitrogen and oxygen atoms in total. The van der Waals surface area contributed by atoms with Crippen molar-refractivity contribution in [1.29, 1.82) is 0 Å². The van der Waals surface area contributed by atoms with Crippen LogP contribution in [0, 0.1) is 6.92 Å². The fraction of sp³-hybridized carbons (Fsp3) is 0.154. The molecule has 0 aromatic carbocycles. The summed E-state index contributed by atoms with van der Waals surface area (Å²) in [4.78, 5) is 15.8. The minimum atomic E-state index is 0.763. The normalized spacial score (nSPS) is 10.7. The summed E-state index contributed by atoms with van der Waals surface area (Å²) in [5.41, 5.74) is 2.22. The smallest absolute Gasteiger partial charge is 0.176 e. The molecule has 0 aliphatic carbocycles. The van der Waals surface area contributed by atoms with Crippen LogP contribution in [0.1, 0.15) is 11.3 Å². The summed E-state index contributed by atoms with van der Waals surface area (Å²) in [5.74, 6) is 1.63. The highest BCUT2D eigenvalue weighted by atomic mass is 15.1. The van der Waals surface area contributed by atoms with Crippen molar-refractivity contribution < 1.29 is 0 Å². The Morgan fingerprint density at radius 3 is 2.89 bits per heavy atom. The maximum absolute atomic E-state index is 4.33. The minimum Gasteiger partial charge on any atom is -0.342 e. The van der Waals surface area contributed by atoms with E-state index in [2.05, 4.69) is 30.6 Å². The molecule has 5 heteroatoms. The lowest BCUT2D eigenvalue weighted by atomic mass is 10.2. The van der Waals surface area contributed by atoms with Gasteiger partial charge in [0, 0.05) is 43.2 Å². The number of H-pyrrole nitrogens is 1. The molecule has 1 N–H and O–H groups in total. The Morgan fingerprint density at radius 2 is 2.11 bits per heavy atom. The van der Waals surface area contributed by atoms with Crippen LogP contribution in [0.5, 0.6) is 0 Å². The zero-order valence-corrected chi connectivity index (χ0v) is 10.0. The average Bonchev–Trinajstić information content (AvgIpc) is 2.98. The van der Waals surface area contributed by atoms with Gasteiger partial charge in [0.15, 0.2) is 11.6 Å². The maximum Gasteiger partial charge on any atom is 0.176 e. The number of nitrogens with one attached hydrogen (secondary N) is 1. The molecule has 18 heavy (non-hydrogen) atoms. The minimum absolute atomic E-state index is 0.763. The van der Waals surface area contributed by atoms with Gasteiger partial charge >= 0.3 is 0 Å². The van der Waals surface area contributed by atoms with Crippen molar-refractivity contribution in [2.45, 2.75) is 13.5 Å². The fourth-order valence-electron chi connectivity index (χ4n) is 1.94. The van der Waals surface area contributed by atoms with Crippen LogP contribution in [0.4, 0.5) is 0 Å². The molecule has 0 atom stereocenters. The monoisotopic (exact) mass is 239 g/mol. The van der Waals surface area contributed by atoms with Gasteiger partial charge in [-0.1, -0.05) is 0 Å². The van der Waals surface area contributed by atoms with Crippen molar-refractivity contribution in [2.75, 3.05) is 0 Å². The lowest BCUT2D eigenvalue weighted by Crippen LogP contribution is -2.02. The zero-order valence-electron chi connectivity index (χ0n) is 10.0. The molecule has 3 rings (SSSR count). The van der Waals surface area contributed by atoms with Gasteiger partial charge in [0.25, 0.3) is 0 Å². The van der Waals surface area contributed by atoms with Crippen LogP contribution in [0.25, 0.3) is 11.6 Å². The summed E-state index contributed by atoms with van der Waals surface area (Å²) in [5, 5.41) is 0. The van der Waals surface area contributed by atoms with E-state index in [4.69, 9.17) is 0 Å². The SMILES string of the molecule is Cc1cc(Cn2ccnc2-c2ncc[nH]2)ccn1. The van der Waals surface area contributed by atoms with Crippen molar-refractivity contribution in [3.63, 3.8) is 0 Å². The van der Waals surface area contributed by atoms with Gasteiger partial charge in [-0.2, -0.15) is 0 Å².